The predicted molar refractivity (Wildman–Crippen MR) is 68.3 cm³/mol. The van der Waals surface area contributed by atoms with Crippen LogP contribution in [0.5, 0.6) is 0 Å². The monoisotopic (exact) mass is 220 g/mol. The molecule has 0 aromatic carbocycles. The minimum Gasteiger partial charge on any atom is -0.305 e. The van der Waals surface area contributed by atoms with Gasteiger partial charge in [0.15, 0.2) is 0 Å². The van der Waals surface area contributed by atoms with E-state index in [1.54, 1.807) is 0 Å². The molecule has 1 N–H and O–H groups in total. The van der Waals surface area contributed by atoms with Crippen LogP contribution in [0.25, 0.3) is 0 Å². The van der Waals surface area contributed by atoms with Crippen molar-refractivity contribution in [1.29, 1.82) is 0 Å². The Kier molecular flexibility index (Phi) is 4.69. The lowest BCUT2D eigenvalue weighted by molar-refractivity contribution is 0.0621. The summed E-state index contributed by atoms with van der Waals surface area (Å²) in [5.74, 6) is 3.63. The van der Waals surface area contributed by atoms with Gasteiger partial charge in [-0.25, -0.2) is 0 Å². The largest absolute Gasteiger partial charge is 0.305 e. The first-order chi connectivity index (χ1) is 7.92. The van der Waals surface area contributed by atoms with Crippen LogP contribution in [-0.4, -0.2) is 37.1 Å². The summed E-state index contributed by atoms with van der Waals surface area (Å²) >= 11 is 0. The van der Waals surface area contributed by atoms with Gasteiger partial charge >= 0.3 is 0 Å². The minimum atomic E-state index is 0.710. The number of hydrogen-bond acceptors (Lipinski definition) is 2. The Hall–Kier alpha value is -0.520. The second kappa shape index (κ2) is 6.27. The molecule has 0 aromatic rings. The van der Waals surface area contributed by atoms with E-state index in [2.05, 4.69) is 16.1 Å². The molecule has 16 heavy (non-hydrogen) atoms. The number of fused-ring (bicyclic) bond motifs is 1. The summed E-state index contributed by atoms with van der Waals surface area (Å²) in [6.07, 6.45) is 13.9. The summed E-state index contributed by atoms with van der Waals surface area (Å²) in [5, 5.41) is 3.30. The van der Waals surface area contributed by atoms with Crippen molar-refractivity contribution in [2.45, 2.75) is 44.6 Å². The van der Waals surface area contributed by atoms with Gasteiger partial charge in [0.2, 0.25) is 0 Å². The van der Waals surface area contributed by atoms with Gasteiger partial charge in [-0.3, -0.25) is 4.90 Å². The van der Waals surface area contributed by atoms with Gasteiger partial charge in [-0.2, -0.15) is 0 Å². The van der Waals surface area contributed by atoms with Crippen LogP contribution in [0.3, 0.4) is 0 Å². The van der Waals surface area contributed by atoms with E-state index < -0.39 is 0 Å². The normalized spacial score (nSPS) is 30.7. The fourth-order valence-electron chi connectivity index (χ4n) is 3.39. The van der Waals surface area contributed by atoms with Crippen LogP contribution < -0.4 is 5.32 Å². The van der Waals surface area contributed by atoms with E-state index in [9.17, 15) is 0 Å². The van der Waals surface area contributed by atoms with Gasteiger partial charge in [0.05, 0.1) is 6.54 Å². The summed E-state index contributed by atoms with van der Waals surface area (Å²) in [6, 6.07) is 0.884. The predicted octanol–water partition coefficient (Wildman–Crippen LogP) is 1.86. The molecule has 1 aliphatic heterocycles. The lowest BCUT2D eigenvalue weighted by atomic mass is 9.78. The molecule has 1 heterocycles. The fourth-order valence-corrected chi connectivity index (χ4v) is 3.39. The molecule has 0 radical (unpaired) electrons. The van der Waals surface area contributed by atoms with E-state index in [1.165, 1.54) is 51.6 Å². The number of nitrogens with zero attached hydrogens (tertiary/aromatic N) is 1. The number of rotatable bonds is 4. The molecule has 2 unspecified atom stereocenters. The Morgan fingerprint density at radius 3 is 2.88 bits per heavy atom. The number of likely N-dealkylation sites (tertiary alicyclic amines) is 1. The molecular weight excluding hydrogens is 196 g/mol. The topological polar surface area (TPSA) is 15.3 Å². The highest BCUT2D eigenvalue weighted by Gasteiger charge is 2.32. The van der Waals surface area contributed by atoms with Gasteiger partial charge in [0.25, 0.3) is 0 Å². The van der Waals surface area contributed by atoms with E-state index in [4.69, 9.17) is 6.42 Å². The SMILES string of the molecule is C#CCNCCN1CCCC2CCCCC21. The molecule has 0 bridgehead atoms. The maximum Gasteiger partial charge on any atom is 0.0574 e. The smallest absolute Gasteiger partial charge is 0.0574 e. The van der Waals surface area contributed by atoms with Crippen molar-refractivity contribution in [2.24, 2.45) is 5.92 Å². The minimum absolute atomic E-state index is 0.710. The highest BCUT2D eigenvalue weighted by Crippen LogP contribution is 2.34. The van der Waals surface area contributed by atoms with Gasteiger partial charge in [-0.1, -0.05) is 18.8 Å². The summed E-state index contributed by atoms with van der Waals surface area (Å²) in [7, 11) is 0. The Morgan fingerprint density at radius 2 is 2.00 bits per heavy atom. The van der Waals surface area contributed by atoms with Gasteiger partial charge in [0, 0.05) is 19.1 Å². The van der Waals surface area contributed by atoms with Crippen LogP contribution in [0.2, 0.25) is 0 Å². The second-order valence-corrected chi connectivity index (χ2v) is 5.17. The van der Waals surface area contributed by atoms with E-state index in [0.717, 1.165) is 18.5 Å². The van der Waals surface area contributed by atoms with Crippen LogP contribution in [0, 0.1) is 18.3 Å². The van der Waals surface area contributed by atoms with Gasteiger partial charge in [-0.05, 0) is 38.1 Å². The van der Waals surface area contributed by atoms with E-state index in [0.29, 0.717) is 6.54 Å². The Labute approximate surface area is 99.8 Å². The quantitative estimate of drug-likeness (QED) is 0.575. The standard InChI is InChI=1S/C14H24N2/c1-2-9-15-10-12-16-11-5-7-13-6-3-4-8-14(13)16/h1,13-15H,3-12H2. The molecule has 2 atom stereocenters. The summed E-state index contributed by atoms with van der Waals surface area (Å²) in [6.45, 7) is 4.25. The average Bonchev–Trinajstić information content (AvgIpc) is 2.35. The molecule has 0 spiro atoms. The molecule has 2 rings (SSSR count). The Balaban J connectivity index is 1.76. The molecule has 1 aliphatic carbocycles. The zero-order valence-corrected chi connectivity index (χ0v) is 10.3. The molecule has 2 fully saturated rings. The van der Waals surface area contributed by atoms with Crippen LogP contribution in [0.15, 0.2) is 0 Å². The van der Waals surface area contributed by atoms with Crippen LogP contribution in [-0.2, 0) is 0 Å². The molecule has 2 nitrogen and oxygen atoms in total. The van der Waals surface area contributed by atoms with Gasteiger partial charge in [0.1, 0.15) is 0 Å². The van der Waals surface area contributed by atoms with E-state index in [1.807, 2.05) is 0 Å². The van der Waals surface area contributed by atoms with Crippen LogP contribution in [0.1, 0.15) is 38.5 Å². The lowest BCUT2D eigenvalue weighted by Gasteiger charge is -2.44. The Morgan fingerprint density at radius 1 is 1.19 bits per heavy atom. The zero-order valence-electron chi connectivity index (χ0n) is 10.3. The molecule has 90 valence electrons. The molecular formula is C14H24N2. The van der Waals surface area contributed by atoms with Crippen molar-refractivity contribution in [3.05, 3.63) is 0 Å². The van der Waals surface area contributed by atoms with Crippen LogP contribution >= 0.6 is 0 Å². The zero-order chi connectivity index (χ0) is 11.2. The number of hydrogen-bond donors (Lipinski definition) is 1. The first-order valence-corrected chi connectivity index (χ1v) is 6.80. The first-order valence-electron chi connectivity index (χ1n) is 6.80. The number of nitrogens with one attached hydrogen (secondary N) is 1. The molecule has 0 aromatic heterocycles. The van der Waals surface area contributed by atoms with E-state index >= 15 is 0 Å². The van der Waals surface area contributed by atoms with Crippen molar-refractivity contribution < 1.29 is 0 Å². The summed E-state index contributed by atoms with van der Waals surface area (Å²) < 4.78 is 0. The van der Waals surface area contributed by atoms with Gasteiger partial charge < -0.3 is 5.32 Å². The molecule has 2 aliphatic rings. The maximum atomic E-state index is 5.23. The van der Waals surface area contributed by atoms with Crippen molar-refractivity contribution in [3.8, 4) is 12.3 Å². The molecule has 2 heteroatoms. The van der Waals surface area contributed by atoms with Crippen molar-refractivity contribution in [2.75, 3.05) is 26.2 Å². The number of piperidine rings is 1. The van der Waals surface area contributed by atoms with Gasteiger partial charge in [-0.15, -0.1) is 6.42 Å². The summed E-state index contributed by atoms with van der Waals surface area (Å²) in [4.78, 5) is 2.71. The lowest BCUT2D eigenvalue weighted by Crippen LogP contribution is -2.48. The highest BCUT2D eigenvalue weighted by molar-refractivity contribution is 4.89. The molecule has 1 saturated carbocycles. The van der Waals surface area contributed by atoms with Crippen LogP contribution in [0.4, 0.5) is 0 Å². The van der Waals surface area contributed by atoms with Crippen molar-refractivity contribution in [3.63, 3.8) is 0 Å². The van der Waals surface area contributed by atoms with Crippen molar-refractivity contribution in [1.82, 2.24) is 10.2 Å². The Bertz CT molecular complexity index is 242. The molecule has 0 amide bonds. The summed E-state index contributed by atoms with van der Waals surface area (Å²) in [5.41, 5.74) is 0. The second-order valence-electron chi connectivity index (χ2n) is 5.17. The number of terminal acetylenes is 1. The van der Waals surface area contributed by atoms with Crippen molar-refractivity contribution >= 4 is 0 Å². The first kappa shape index (κ1) is 12.0. The molecule has 1 saturated heterocycles. The third kappa shape index (κ3) is 2.99. The third-order valence-corrected chi connectivity index (χ3v) is 4.16. The maximum absolute atomic E-state index is 5.23. The average molecular weight is 220 g/mol. The third-order valence-electron chi connectivity index (χ3n) is 4.16. The van der Waals surface area contributed by atoms with E-state index in [-0.39, 0.29) is 0 Å². The highest BCUT2D eigenvalue weighted by atomic mass is 15.2. The fraction of sp³-hybridized carbons (Fsp3) is 0.857.